The lowest BCUT2D eigenvalue weighted by molar-refractivity contribution is -0.123. The van der Waals surface area contributed by atoms with E-state index in [0.29, 0.717) is 13.0 Å². The van der Waals surface area contributed by atoms with Crippen LogP contribution in [-0.4, -0.2) is 54.7 Å². The molecular weight excluding hydrogens is 170 g/mol. The van der Waals surface area contributed by atoms with Crippen molar-refractivity contribution < 1.29 is 9.90 Å². The molecule has 1 unspecified atom stereocenters. The number of aliphatic hydroxyl groups is 1. The van der Waals surface area contributed by atoms with E-state index < -0.39 is 0 Å². The van der Waals surface area contributed by atoms with Crippen molar-refractivity contribution in [2.75, 3.05) is 32.8 Å². The van der Waals surface area contributed by atoms with Crippen molar-refractivity contribution in [2.45, 2.75) is 12.5 Å². The van der Waals surface area contributed by atoms with Gasteiger partial charge in [0.15, 0.2) is 0 Å². The number of carbonyl (C=O) groups is 1. The third-order valence-corrected chi connectivity index (χ3v) is 2.29. The molecule has 1 saturated heterocycles. The zero-order chi connectivity index (χ0) is 9.68. The van der Waals surface area contributed by atoms with Gasteiger partial charge in [-0.1, -0.05) is 0 Å². The first-order valence-electron chi connectivity index (χ1n) is 4.60. The van der Waals surface area contributed by atoms with E-state index in [4.69, 9.17) is 10.8 Å². The van der Waals surface area contributed by atoms with Crippen molar-refractivity contribution in [1.29, 1.82) is 0 Å². The molecule has 76 valence electrons. The molecule has 0 bridgehead atoms. The van der Waals surface area contributed by atoms with Crippen LogP contribution in [0.1, 0.15) is 6.42 Å². The van der Waals surface area contributed by atoms with Gasteiger partial charge in [0.2, 0.25) is 5.91 Å². The summed E-state index contributed by atoms with van der Waals surface area (Å²) in [5, 5.41) is 11.8. The molecule has 0 aromatic heterocycles. The van der Waals surface area contributed by atoms with Crippen LogP contribution in [0.2, 0.25) is 0 Å². The van der Waals surface area contributed by atoms with Crippen LogP contribution in [0.5, 0.6) is 0 Å². The van der Waals surface area contributed by atoms with Crippen LogP contribution in [0.3, 0.4) is 0 Å². The maximum Gasteiger partial charge on any atom is 0.236 e. The van der Waals surface area contributed by atoms with Crippen LogP contribution in [-0.2, 0) is 4.79 Å². The number of hydrogen-bond acceptors (Lipinski definition) is 4. The van der Waals surface area contributed by atoms with Crippen LogP contribution >= 0.6 is 0 Å². The molecule has 5 nitrogen and oxygen atoms in total. The molecule has 0 saturated carbocycles. The van der Waals surface area contributed by atoms with Crippen molar-refractivity contribution >= 4 is 5.91 Å². The summed E-state index contributed by atoms with van der Waals surface area (Å²) in [5.41, 5.74) is 5.25. The van der Waals surface area contributed by atoms with Gasteiger partial charge >= 0.3 is 0 Å². The third kappa shape index (κ3) is 2.95. The van der Waals surface area contributed by atoms with E-state index >= 15 is 0 Å². The number of nitrogens with one attached hydrogen (secondary N) is 1. The van der Waals surface area contributed by atoms with Gasteiger partial charge in [-0.25, -0.2) is 0 Å². The summed E-state index contributed by atoms with van der Waals surface area (Å²) in [6, 6.07) is -0.208. The molecule has 4 N–H and O–H groups in total. The summed E-state index contributed by atoms with van der Waals surface area (Å²) in [4.78, 5) is 13.0. The average Bonchev–Trinajstić information content (AvgIpc) is 2.15. The second-order valence-corrected chi connectivity index (χ2v) is 3.24. The number of carbonyl (C=O) groups excluding carboxylic acids is 1. The molecule has 0 radical (unpaired) electrons. The Hall–Kier alpha value is -0.650. The number of nitrogens with zero attached hydrogens (tertiary/aromatic N) is 1. The van der Waals surface area contributed by atoms with E-state index in [1.165, 1.54) is 0 Å². The predicted octanol–water partition coefficient (Wildman–Crippen LogP) is -1.87. The van der Waals surface area contributed by atoms with E-state index in [1.54, 1.807) is 0 Å². The van der Waals surface area contributed by atoms with E-state index in [2.05, 4.69) is 5.32 Å². The number of primary amides is 1. The monoisotopic (exact) mass is 187 g/mol. The van der Waals surface area contributed by atoms with E-state index in [-0.39, 0.29) is 18.6 Å². The summed E-state index contributed by atoms with van der Waals surface area (Å²) in [7, 11) is 0. The number of piperazine rings is 1. The first-order valence-corrected chi connectivity index (χ1v) is 4.60. The van der Waals surface area contributed by atoms with Crippen molar-refractivity contribution in [3.63, 3.8) is 0 Å². The highest BCUT2D eigenvalue weighted by molar-refractivity contribution is 5.80. The smallest absolute Gasteiger partial charge is 0.236 e. The molecule has 0 spiro atoms. The SMILES string of the molecule is NC(=O)C1CNCCN1CCCO. The quantitative estimate of drug-likeness (QED) is 0.482. The summed E-state index contributed by atoms with van der Waals surface area (Å²) >= 11 is 0. The van der Waals surface area contributed by atoms with Crippen molar-refractivity contribution in [3.8, 4) is 0 Å². The summed E-state index contributed by atoms with van der Waals surface area (Å²) < 4.78 is 0. The highest BCUT2D eigenvalue weighted by atomic mass is 16.3. The highest BCUT2D eigenvalue weighted by Gasteiger charge is 2.25. The first-order chi connectivity index (χ1) is 6.25. The minimum Gasteiger partial charge on any atom is -0.396 e. The van der Waals surface area contributed by atoms with Gasteiger partial charge in [0.25, 0.3) is 0 Å². The fourth-order valence-corrected chi connectivity index (χ4v) is 1.57. The standard InChI is InChI=1S/C8H17N3O2/c9-8(13)7-6-10-2-4-11(7)3-1-5-12/h7,10,12H,1-6H2,(H2,9,13). The molecular formula is C8H17N3O2. The van der Waals surface area contributed by atoms with Gasteiger partial charge in [0, 0.05) is 32.8 Å². The van der Waals surface area contributed by atoms with Gasteiger partial charge < -0.3 is 16.2 Å². The Morgan fingerprint density at radius 1 is 1.69 bits per heavy atom. The van der Waals surface area contributed by atoms with Crippen molar-refractivity contribution in [2.24, 2.45) is 5.73 Å². The Labute approximate surface area is 77.9 Å². The molecule has 0 aliphatic carbocycles. The maximum atomic E-state index is 11.0. The van der Waals surface area contributed by atoms with E-state index in [0.717, 1.165) is 19.6 Å². The lowest BCUT2D eigenvalue weighted by Crippen LogP contribution is -2.57. The molecule has 5 heteroatoms. The lowest BCUT2D eigenvalue weighted by Gasteiger charge is -2.33. The molecule has 13 heavy (non-hydrogen) atoms. The fraction of sp³-hybridized carbons (Fsp3) is 0.875. The summed E-state index contributed by atoms with van der Waals surface area (Å²) in [6.45, 7) is 3.24. The third-order valence-electron chi connectivity index (χ3n) is 2.29. The van der Waals surface area contributed by atoms with Crippen LogP contribution in [0, 0.1) is 0 Å². The van der Waals surface area contributed by atoms with Crippen LogP contribution in [0.4, 0.5) is 0 Å². The molecule has 1 aliphatic heterocycles. The molecule has 1 aliphatic rings. The fourth-order valence-electron chi connectivity index (χ4n) is 1.57. The van der Waals surface area contributed by atoms with Gasteiger partial charge in [0.1, 0.15) is 6.04 Å². The second-order valence-electron chi connectivity index (χ2n) is 3.24. The minimum atomic E-state index is -0.287. The van der Waals surface area contributed by atoms with Gasteiger partial charge in [-0.3, -0.25) is 9.69 Å². The lowest BCUT2D eigenvalue weighted by atomic mass is 10.1. The van der Waals surface area contributed by atoms with E-state index in [9.17, 15) is 4.79 Å². The molecule has 1 heterocycles. The Balaban J connectivity index is 2.41. The first kappa shape index (κ1) is 10.4. The summed E-state index contributed by atoms with van der Waals surface area (Å²) in [6.07, 6.45) is 0.698. The number of amides is 1. The van der Waals surface area contributed by atoms with Crippen LogP contribution in [0.25, 0.3) is 0 Å². The Bertz CT molecular complexity index is 175. The number of rotatable bonds is 4. The van der Waals surface area contributed by atoms with Crippen molar-refractivity contribution in [3.05, 3.63) is 0 Å². The van der Waals surface area contributed by atoms with Crippen LogP contribution < -0.4 is 11.1 Å². The highest BCUT2D eigenvalue weighted by Crippen LogP contribution is 2.03. The molecule has 1 amide bonds. The molecule has 1 fully saturated rings. The second kappa shape index (κ2) is 5.16. The Morgan fingerprint density at radius 2 is 2.46 bits per heavy atom. The normalized spacial score (nSPS) is 24.5. The van der Waals surface area contributed by atoms with Gasteiger partial charge in [-0.2, -0.15) is 0 Å². The molecule has 0 aromatic rings. The number of hydrogen-bond donors (Lipinski definition) is 3. The molecule has 0 aromatic carbocycles. The predicted molar refractivity (Wildman–Crippen MR) is 49.1 cm³/mol. The van der Waals surface area contributed by atoms with E-state index in [1.807, 2.05) is 4.90 Å². The van der Waals surface area contributed by atoms with Crippen LogP contribution in [0.15, 0.2) is 0 Å². The van der Waals surface area contributed by atoms with Gasteiger partial charge in [0.05, 0.1) is 0 Å². The largest absolute Gasteiger partial charge is 0.396 e. The Kier molecular flexibility index (Phi) is 4.14. The zero-order valence-corrected chi connectivity index (χ0v) is 7.70. The molecule has 1 atom stereocenters. The van der Waals surface area contributed by atoms with Gasteiger partial charge in [-0.15, -0.1) is 0 Å². The van der Waals surface area contributed by atoms with Gasteiger partial charge in [-0.05, 0) is 6.42 Å². The molecule has 1 rings (SSSR count). The average molecular weight is 187 g/mol. The number of nitrogens with two attached hydrogens (primary N) is 1. The topological polar surface area (TPSA) is 78.6 Å². The zero-order valence-electron chi connectivity index (χ0n) is 7.70. The van der Waals surface area contributed by atoms with Crippen molar-refractivity contribution in [1.82, 2.24) is 10.2 Å². The number of aliphatic hydroxyl groups excluding tert-OH is 1. The minimum absolute atomic E-state index is 0.162. The summed E-state index contributed by atoms with van der Waals surface area (Å²) in [5.74, 6) is -0.287. The Morgan fingerprint density at radius 3 is 3.08 bits per heavy atom. The maximum absolute atomic E-state index is 11.0.